The third-order valence-corrected chi connectivity index (χ3v) is 6.47. The summed E-state index contributed by atoms with van der Waals surface area (Å²) in [7, 11) is 0. The molecule has 1 aromatic heterocycles. The molecule has 4 aromatic rings. The van der Waals surface area contributed by atoms with E-state index >= 15 is 0 Å². The molecule has 0 spiro atoms. The van der Waals surface area contributed by atoms with Crippen LogP contribution in [-0.2, 0) is 6.54 Å². The van der Waals surface area contributed by atoms with Gasteiger partial charge in [0.15, 0.2) is 0 Å². The number of fused-ring (bicyclic) bond motifs is 2. The molecule has 3 aromatic carbocycles. The molecule has 3 heterocycles. The van der Waals surface area contributed by atoms with Crippen molar-refractivity contribution < 1.29 is 0 Å². The number of hydrogen-bond donors (Lipinski definition) is 2. The summed E-state index contributed by atoms with van der Waals surface area (Å²) in [6.07, 6.45) is 0. The van der Waals surface area contributed by atoms with E-state index in [0.717, 1.165) is 24.8 Å². The van der Waals surface area contributed by atoms with E-state index in [4.69, 9.17) is 4.99 Å². The van der Waals surface area contributed by atoms with Crippen molar-refractivity contribution in [1.29, 1.82) is 0 Å². The zero-order valence-corrected chi connectivity index (χ0v) is 17.2. The first kappa shape index (κ1) is 17.7. The Morgan fingerprint density at radius 3 is 2.60 bits per heavy atom. The largest absolute Gasteiger partial charge is 0.360 e. The van der Waals surface area contributed by atoms with Gasteiger partial charge in [-0.2, -0.15) is 0 Å². The highest BCUT2D eigenvalue weighted by molar-refractivity contribution is 6.11. The van der Waals surface area contributed by atoms with E-state index in [2.05, 4.69) is 88.9 Å². The van der Waals surface area contributed by atoms with E-state index in [1.54, 1.807) is 0 Å². The van der Waals surface area contributed by atoms with Crippen LogP contribution in [0.2, 0.25) is 0 Å². The number of amidine groups is 1. The molecule has 4 nitrogen and oxygen atoms in total. The van der Waals surface area contributed by atoms with Crippen molar-refractivity contribution in [3.05, 3.63) is 83.6 Å². The maximum Gasteiger partial charge on any atom is 0.129 e. The molecular formula is C26H26N4. The topological polar surface area (TPSA) is 43.4 Å². The van der Waals surface area contributed by atoms with Gasteiger partial charge in [-0.3, -0.25) is 9.89 Å². The van der Waals surface area contributed by atoms with Crippen LogP contribution in [0.15, 0.2) is 71.7 Å². The van der Waals surface area contributed by atoms with Crippen LogP contribution < -0.4 is 5.32 Å². The van der Waals surface area contributed by atoms with Crippen LogP contribution in [0.4, 0.5) is 0 Å². The first-order chi connectivity index (χ1) is 14.7. The van der Waals surface area contributed by atoms with Crippen LogP contribution in [0, 0.1) is 5.92 Å². The summed E-state index contributed by atoms with van der Waals surface area (Å²) in [6.45, 7) is 6.52. The standard InChI is InChI=1S/C26H26N4/c1-17-14-30(15-17)16-19-10-11-22(21-8-4-3-7-20(19)21)26-27-13-25(29-26)24-12-18-6-2-5-9-23(18)28-24/h2-12,17,25,28H,13-16H2,1H3,(H,27,29). The van der Waals surface area contributed by atoms with Gasteiger partial charge in [0.2, 0.25) is 0 Å². The highest BCUT2D eigenvalue weighted by atomic mass is 15.2. The number of aromatic nitrogens is 1. The van der Waals surface area contributed by atoms with Crippen molar-refractivity contribution in [3.8, 4) is 0 Å². The molecular weight excluding hydrogens is 368 g/mol. The quantitative estimate of drug-likeness (QED) is 0.519. The summed E-state index contributed by atoms with van der Waals surface area (Å²) in [6, 6.07) is 24.2. The average Bonchev–Trinajstić information content (AvgIpc) is 3.40. The van der Waals surface area contributed by atoms with Gasteiger partial charge in [0.1, 0.15) is 5.84 Å². The SMILES string of the molecule is CC1CN(Cc2ccc(C3=NCC(c4cc5ccccc5[nH]4)N3)c3ccccc23)C1. The Balaban J connectivity index is 1.29. The number of nitrogens with zero attached hydrogens (tertiary/aromatic N) is 2. The lowest BCUT2D eigenvalue weighted by Crippen LogP contribution is -2.44. The molecule has 0 saturated carbocycles. The fourth-order valence-electron chi connectivity index (χ4n) is 4.97. The van der Waals surface area contributed by atoms with E-state index in [1.165, 1.54) is 51.6 Å². The van der Waals surface area contributed by atoms with E-state index in [9.17, 15) is 0 Å². The van der Waals surface area contributed by atoms with Gasteiger partial charge in [0.25, 0.3) is 0 Å². The van der Waals surface area contributed by atoms with Gasteiger partial charge in [-0.15, -0.1) is 0 Å². The van der Waals surface area contributed by atoms with Gasteiger partial charge in [0.05, 0.1) is 12.6 Å². The van der Waals surface area contributed by atoms with Crippen LogP contribution in [0.3, 0.4) is 0 Å². The summed E-state index contributed by atoms with van der Waals surface area (Å²) in [5, 5.41) is 7.55. The Morgan fingerprint density at radius 1 is 0.967 bits per heavy atom. The fourth-order valence-corrected chi connectivity index (χ4v) is 4.97. The fraction of sp³-hybridized carbons (Fsp3) is 0.269. The number of likely N-dealkylation sites (tertiary alicyclic amines) is 1. The highest BCUT2D eigenvalue weighted by Crippen LogP contribution is 2.29. The number of rotatable bonds is 4. The number of para-hydroxylation sites is 1. The summed E-state index contributed by atoms with van der Waals surface area (Å²) in [4.78, 5) is 11.0. The molecule has 0 amide bonds. The predicted octanol–water partition coefficient (Wildman–Crippen LogP) is 4.86. The van der Waals surface area contributed by atoms with Crippen molar-refractivity contribution in [2.24, 2.45) is 10.9 Å². The second kappa shape index (κ2) is 6.99. The molecule has 0 radical (unpaired) electrons. The number of nitrogens with one attached hydrogen (secondary N) is 2. The zero-order chi connectivity index (χ0) is 20.1. The average molecular weight is 395 g/mol. The monoisotopic (exact) mass is 394 g/mol. The predicted molar refractivity (Wildman–Crippen MR) is 124 cm³/mol. The lowest BCUT2D eigenvalue weighted by atomic mass is 9.96. The van der Waals surface area contributed by atoms with Crippen molar-refractivity contribution >= 4 is 27.5 Å². The molecule has 150 valence electrons. The Morgan fingerprint density at radius 2 is 1.77 bits per heavy atom. The van der Waals surface area contributed by atoms with Crippen LogP contribution in [-0.4, -0.2) is 35.4 Å². The lowest BCUT2D eigenvalue weighted by Gasteiger charge is -2.37. The van der Waals surface area contributed by atoms with Crippen molar-refractivity contribution in [2.75, 3.05) is 19.6 Å². The molecule has 0 aliphatic carbocycles. The van der Waals surface area contributed by atoms with Crippen molar-refractivity contribution in [3.63, 3.8) is 0 Å². The summed E-state index contributed by atoms with van der Waals surface area (Å²) < 4.78 is 0. The maximum absolute atomic E-state index is 4.89. The molecule has 1 saturated heterocycles. The maximum atomic E-state index is 4.89. The number of benzene rings is 3. The lowest BCUT2D eigenvalue weighted by molar-refractivity contribution is 0.105. The second-order valence-electron chi connectivity index (χ2n) is 8.82. The highest BCUT2D eigenvalue weighted by Gasteiger charge is 2.25. The molecule has 1 fully saturated rings. The Hall–Kier alpha value is -3.11. The molecule has 0 bridgehead atoms. The minimum absolute atomic E-state index is 0.188. The van der Waals surface area contributed by atoms with Gasteiger partial charge >= 0.3 is 0 Å². The molecule has 30 heavy (non-hydrogen) atoms. The summed E-state index contributed by atoms with van der Waals surface area (Å²) in [5.41, 5.74) is 4.98. The Bertz CT molecular complexity index is 1230. The number of H-pyrrole nitrogens is 1. The van der Waals surface area contributed by atoms with Crippen LogP contribution in [0.25, 0.3) is 21.7 Å². The summed E-state index contributed by atoms with van der Waals surface area (Å²) >= 11 is 0. The van der Waals surface area contributed by atoms with Crippen LogP contribution in [0.1, 0.15) is 29.8 Å². The molecule has 4 heteroatoms. The zero-order valence-electron chi connectivity index (χ0n) is 17.2. The van der Waals surface area contributed by atoms with E-state index in [0.29, 0.717) is 0 Å². The number of aliphatic imine (C=N–C) groups is 1. The second-order valence-corrected chi connectivity index (χ2v) is 8.82. The molecule has 2 aliphatic rings. The van der Waals surface area contributed by atoms with Crippen LogP contribution in [0.5, 0.6) is 0 Å². The van der Waals surface area contributed by atoms with Crippen molar-refractivity contribution in [2.45, 2.75) is 19.5 Å². The first-order valence-corrected chi connectivity index (χ1v) is 10.9. The van der Waals surface area contributed by atoms with Crippen LogP contribution >= 0.6 is 0 Å². The molecule has 6 rings (SSSR count). The Labute approximate surface area is 176 Å². The molecule has 2 aliphatic heterocycles. The van der Waals surface area contributed by atoms with E-state index in [-0.39, 0.29) is 6.04 Å². The van der Waals surface area contributed by atoms with E-state index < -0.39 is 0 Å². The normalized spacial score (nSPS) is 19.8. The third-order valence-electron chi connectivity index (χ3n) is 6.47. The first-order valence-electron chi connectivity index (χ1n) is 10.9. The molecule has 1 unspecified atom stereocenters. The number of aromatic amines is 1. The number of hydrogen-bond acceptors (Lipinski definition) is 3. The Kier molecular flexibility index (Phi) is 4.13. The van der Waals surface area contributed by atoms with E-state index in [1.807, 2.05) is 0 Å². The smallest absolute Gasteiger partial charge is 0.129 e. The summed E-state index contributed by atoms with van der Waals surface area (Å²) in [5.74, 6) is 1.83. The minimum Gasteiger partial charge on any atom is -0.360 e. The van der Waals surface area contributed by atoms with Gasteiger partial charge < -0.3 is 10.3 Å². The third kappa shape index (κ3) is 2.99. The van der Waals surface area contributed by atoms with Gasteiger partial charge in [0, 0.05) is 36.4 Å². The van der Waals surface area contributed by atoms with Gasteiger partial charge in [-0.25, -0.2) is 0 Å². The molecule has 1 atom stereocenters. The van der Waals surface area contributed by atoms with Gasteiger partial charge in [-0.1, -0.05) is 61.5 Å². The van der Waals surface area contributed by atoms with Gasteiger partial charge in [-0.05, 0) is 39.8 Å². The molecule has 2 N–H and O–H groups in total. The van der Waals surface area contributed by atoms with Crippen molar-refractivity contribution in [1.82, 2.24) is 15.2 Å². The minimum atomic E-state index is 0.188.